The van der Waals surface area contributed by atoms with Crippen LogP contribution >= 0.6 is 0 Å². The summed E-state index contributed by atoms with van der Waals surface area (Å²) in [7, 11) is -0.282. The van der Waals surface area contributed by atoms with Gasteiger partial charge in [0.25, 0.3) is 5.91 Å². The molecule has 0 saturated carbocycles. The van der Waals surface area contributed by atoms with E-state index in [1.165, 1.54) is 14.2 Å². The number of amides is 2. The van der Waals surface area contributed by atoms with Crippen molar-refractivity contribution in [3.63, 3.8) is 0 Å². The average molecular weight is 470 g/mol. The monoisotopic (exact) mass is 469 g/mol. The molecular formula is C22H35N3O6S. The Kier molecular flexibility index (Phi) is 9.33. The molecule has 0 radical (unpaired) electrons. The molecular weight excluding hydrogens is 434 g/mol. The Labute approximate surface area is 190 Å². The van der Waals surface area contributed by atoms with Crippen LogP contribution in [0.2, 0.25) is 0 Å². The number of hydrogen-bond donors (Lipinski definition) is 2. The second kappa shape index (κ2) is 11.5. The van der Waals surface area contributed by atoms with E-state index in [1.54, 1.807) is 23.1 Å². The molecule has 180 valence electrons. The third kappa shape index (κ3) is 7.09. The van der Waals surface area contributed by atoms with E-state index in [0.29, 0.717) is 49.4 Å². The topological polar surface area (TPSA) is 114 Å². The molecule has 1 aromatic rings. The number of likely N-dealkylation sites (tertiary alicyclic amines) is 1. The van der Waals surface area contributed by atoms with Gasteiger partial charge in [-0.2, -0.15) is 0 Å². The van der Waals surface area contributed by atoms with E-state index in [4.69, 9.17) is 9.47 Å². The second-order valence-corrected chi connectivity index (χ2v) is 10.2. The lowest BCUT2D eigenvalue weighted by Crippen LogP contribution is -2.54. The summed E-state index contributed by atoms with van der Waals surface area (Å²) in [6.07, 6.45) is 1.64. The molecule has 0 bridgehead atoms. The van der Waals surface area contributed by atoms with Gasteiger partial charge in [-0.1, -0.05) is 20.8 Å². The van der Waals surface area contributed by atoms with Crippen LogP contribution in [0.1, 0.15) is 50.4 Å². The van der Waals surface area contributed by atoms with Gasteiger partial charge in [-0.3, -0.25) is 9.59 Å². The Bertz CT molecular complexity index is 873. The molecule has 9 nitrogen and oxygen atoms in total. The summed E-state index contributed by atoms with van der Waals surface area (Å²) >= 11 is 0. The number of ether oxygens (including phenoxy) is 2. The largest absolute Gasteiger partial charge is 0.497 e. The SMILES string of the molecule is CCCS(=O)(=O)NC1CCN(C(=O)C(NC(=O)c2cc(OC)cc(OC)c2)C(C)C)CC1. The molecule has 1 aromatic carbocycles. The molecule has 2 N–H and O–H groups in total. The highest BCUT2D eigenvalue weighted by Gasteiger charge is 2.32. The Morgan fingerprint density at radius 2 is 1.66 bits per heavy atom. The molecule has 32 heavy (non-hydrogen) atoms. The van der Waals surface area contributed by atoms with E-state index in [9.17, 15) is 18.0 Å². The van der Waals surface area contributed by atoms with Gasteiger partial charge in [0.15, 0.2) is 0 Å². The molecule has 1 fully saturated rings. The van der Waals surface area contributed by atoms with Gasteiger partial charge in [-0.15, -0.1) is 0 Å². The maximum Gasteiger partial charge on any atom is 0.252 e. The lowest BCUT2D eigenvalue weighted by molar-refractivity contribution is -0.135. The molecule has 0 aliphatic carbocycles. The van der Waals surface area contributed by atoms with E-state index in [0.717, 1.165) is 0 Å². The van der Waals surface area contributed by atoms with E-state index < -0.39 is 22.0 Å². The number of sulfonamides is 1. The minimum Gasteiger partial charge on any atom is -0.497 e. The van der Waals surface area contributed by atoms with Crippen LogP contribution in [-0.4, -0.2) is 70.3 Å². The van der Waals surface area contributed by atoms with Crippen molar-refractivity contribution in [2.45, 2.75) is 52.1 Å². The van der Waals surface area contributed by atoms with Crippen LogP contribution < -0.4 is 19.5 Å². The Morgan fingerprint density at radius 3 is 2.12 bits per heavy atom. The standard InChI is InChI=1S/C22H35N3O6S/c1-6-11-32(28,29)24-17-7-9-25(10-8-17)22(27)20(15(2)3)23-21(26)16-12-18(30-4)14-19(13-16)31-5/h12-15,17,20,24H,6-11H2,1-5H3,(H,23,26). The summed E-state index contributed by atoms with van der Waals surface area (Å²) in [5.41, 5.74) is 0.337. The molecule has 0 spiro atoms. The first kappa shape index (κ1) is 25.9. The summed E-state index contributed by atoms with van der Waals surface area (Å²) in [6, 6.07) is 3.97. The number of hydrogen-bond acceptors (Lipinski definition) is 6. The zero-order valence-corrected chi connectivity index (χ0v) is 20.3. The average Bonchev–Trinajstić information content (AvgIpc) is 2.76. The molecule has 1 atom stereocenters. The van der Waals surface area contributed by atoms with Crippen molar-refractivity contribution >= 4 is 21.8 Å². The fourth-order valence-electron chi connectivity index (χ4n) is 3.67. The highest BCUT2D eigenvalue weighted by molar-refractivity contribution is 7.89. The van der Waals surface area contributed by atoms with Gasteiger partial charge < -0.3 is 19.7 Å². The van der Waals surface area contributed by atoms with Gasteiger partial charge in [-0.25, -0.2) is 13.1 Å². The maximum atomic E-state index is 13.2. The number of nitrogens with one attached hydrogen (secondary N) is 2. The summed E-state index contributed by atoms with van der Waals surface area (Å²) < 4.78 is 37.2. The molecule has 2 amide bonds. The van der Waals surface area contributed by atoms with E-state index in [-0.39, 0.29) is 23.6 Å². The molecule has 1 unspecified atom stereocenters. The number of carbonyl (C=O) groups is 2. The first-order valence-corrected chi connectivity index (χ1v) is 12.6. The van der Waals surface area contributed by atoms with Gasteiger partial charge in [0.05, 0.1) is 20.0 Å². The van der Waals surface area contributed by atoms with E-state index >= 15 is 0 Å². The van der Waals surface area contributed by atoms with Crippen molar-refractivity contribution < 1.29 is 27.5 Å². The van der Waals surface area contributed by atoms with Crippen LogP contribution in [-0.2, 0) is 14.8 Å². The lowest BCUT2D eigenvalue weighted by Gasteiger charge is -2.35. The minimum absolute atomic E-state index is 0.0999. The first-order chi connectivity index (χ1) is 15.1. The van der Waals surface area contributed by atoms with Crippen molar-refractivity contribution in [1.82, 2.24) is 14.9 Å². The van der Waals surface area contributed by atoms with Crippen LogP contribution in [0.25, 0.3) is 0 Å². The van der Waals surface area contributed by atoms with Crippen LogP contribution in [0.4, 0.5) is 0 Å². The smallest absolute Gasteiger partial charge is 0.252 e. The van der Waals surface area contributed by atoms with Crippen molar-refractivity contribution in [1.29, 1.82) is 0 Å². The van der Waals surface area contributed by atoms with Crippen LogP contribution in [0, 0.1) is 5.92 Å². The highest BCUT2D eigenvalue weighted by atomic mass is 32.2. The molecule has 1 aliphatic heterocycles. The van der Waals surface area contributed by atoms with Gasteiger partial charge in [0.2, 0.25) is 15.9 Å². The Balaban J connectivity index is 2.04. The van der Waals surface area contributed by atoms with Gasteiger partial charge >= 0.3 is 0 Å². The molecule has 1 heterocycles. The maximum absolute atomic E-state index is 13.2. The first-order valence-electron chi connectivity index (χ1n) is 10.9. The van der Waals surface area contributed by atoms with Gasteiger partial charge in [0.1, 0.15) is 17.5 Å². The quantitative estimate of drug-likeness (QED) is 0.540. The normalized spacial score (nSPS) is 16.0. The minimum atomic E-state index is -3.29. The van der Waals surface area contributed by atoms with Crippen LogP contribution in [0.3, 0.4) is 0 Å². The Hall–Kier alpha value is -2.33. The van der Waals surface area contributed by atoms with Crippen molar-refractivity contribution in [3.05, 3.63) is 23.8 Å². The molecule has 1 saturated heterocycles. The van der Waals surface area contributed by atoms with Gasteiger partial charge in [0, 0.05) is 30.8 Å². The second-order valence-electron chi connectivity index (χ2n) is 8.33. The summed E-state index contributed by atoms with van der Waals surface area (Å²) in [6.45, 7) is 6.44. The molecule has 0 aromatic heterocycles. The lowest BCUT2D eigenvalue weighted by atomic mass is 9.99. The van der Waals surface area contributed by atoms with E-state index in [1.807, 2.05) is 20.8 Å². The Morgan fingerprint density at radius 1 is 1.09 bits per heavy atom. The molecule has 1 aliphatic rings. The highest BCUT2D eigenvalue weighted by Crippen LogP contribution is 2.23. The third-order valence-corrected chi connectivity index (χ3v) is 7.10. The fraction of sp³-hybridized carbons (Fsp3) is 0.636. The third-order valence-electron chi connectivity index (χ3n) is 5.46. The van der Waals surface area contributed by atoms with Gasteiger partial charge in [-0.05, 0) is 37.3 Å². The molecule has 10 heteroatoms. The number of nitrogens with zero attached hydrogens (tertiary/aromatic N) is 1. The summed E-state index contributed by atoms with van der Waals surface area (Å²) in [4.78, 5) is 27.8. The zero-order valence-electron chi connectivity index (χ0n) is 19.5. The van der Waals surface area contributed by atoms with Crippen molar-refractivity contribution in [2.75, 3.05) is 33.1 Å². The number of carbonyl (C=O) groups excluding carboxylic acids is 2. The number of rotatable bonds is 10. The van der Waals surface area contributed by atoms with Crippen LogP contribution in [0.15, 0.2) is 18.2 Å². The predicted molar refractivity (Wildman–Crippen MR) is 122 cm³/mol. The van der Waals surface area contributed by atoms with E-state index in [2.05, 4.69) is 10.0 Å². The number of methoxy groups -OCH3 is 2. The number of benzene rings is 1. The van der Waals surface area contributed by atoms with Crippen LogP contribution in [0.5, 0.6) is 11.5 Å². The van der Waals surface area contributed by atoms with Crippen molar-refractivity contribution in [3.8, 4) is 11.5 Å². The number of piperidine rings is 1. The molecule has 2 rings (SSSR count). The predicted octanol–water partition coefficient (Wildman–Crippen LogP) is 1.78. The summed E-state index contributed by atoms with van der Waals surface area (Å²) in [5, 5.41) is 2.85. The summed E-state index contributed by atoms with van der Waals surface area (Å²) in [5.74, 6) is 0.376. The zero-order chi connectivity index (χ0) is 23.9. The van der Waals surface area contributed by atoms with Crippen molar-refractivity contribution in [2.24, 2.45) is 5.92 Å². The fourth-order valence-corrected chi connectivity index (χ4v) is 5.07.